The molecule has 0 aromatic heterocycles. The van der Waals surface area contributed by atoms with Crippen LogP contribution in [0, 0.1) is 0 Å². The SMILES string of the molecule is CO/C(=C/c1cccc(Cl)c1)c1ccccc1. The summed E-state index contributed by atoms with van der Waals surface area (Å²) in [6.45, 7) is 0. The summed E-state index contributed by atoms with van der Waals surface area (Å²) in [5.74, 6) is 0.827. The standard InChI is InChI=1S/C15H13ClO/c1-17-15(13-7-3-2-4-8-13)11-12-6-5-9-14(16)10-12/h2-11H,1H3/b15-11+. The van der Waals surface area contributed by atoms with E-state index >= 15 is 0 Å². The van der Waals surface area contributed by atoms with Gasteiger partial charge in [0.05, 0.1) is 7.11 Å². The Labute approximate surface area is 106 Å². The lowest BCUT2D eigenvalue weighted by molar-refractivity contribution is 0.372. The molecule has 17 heavy (non-hydrogen) atoms. The van der Waals surface area contributed by atoms with Crippen LogP contribution in [-0.4, -0.2) is 7.11 Å². The number of hydrogen-bond acceptors (Lipinski definition) is 1. The van der Waals surface area contributed by atoms with Crippen LogP contribution >= 0.6 is 11.6 Å². The Hall–Kier alpha value is -1.73. The molecule has 2 aromatic rings. The normalized spacial score (nSPS) is 11.3. The smallest absolute Gasteiger partial charge is 0.126 e. The van der Waals surface area contributed by atoms with Gasteiger partial charge in [0.1, 0.15) is 5.76 Å². The second-order valence-corrected chi connectivity index (χ2v) is 4.07. The Kier molecular flexibility index (Phi) is 3.84. The van der Waals surface area contributed by atoms with Crippen LogP contribution in [-0.2, 0) is 4.74 Å². The average Bonchev–Trinajstić information content (AvgIpc) is 2.37. The molecular formula is C15H13ClO. The van der Waals surface area contributed by atoms with Crippen molar-refractivity contribution in [3.05, 3.63) is 70.7 Å². The molecule has 2 heteroatoms. The van der Waals surface area contributed by atoms with Crippen LogP contribution in [0.5, 0.6) is 0 Å². The van der Waals surface area contributed by atoms with Gasteiger partial charge in [0.2, 0.25) is 0 Å². The lowest BCUT2D eigenvalue weighted by atomic mass is 10.1. The van der Waals surface area contributed by atoms with Crippen molar-refractivity contribution in [3.8, 4) is 0 Å². The summed E-state index contributed by atoms with van der Waals surface area (Å²) < 4.78 is 5.40. The van der Waals surface area contributed by atoms with Gasteiger partial charge >= 0.3 is 0 Å². The molecule has 1 nitrogen and oxygen atoms in total. The molecule has 0 aliphatic carbocycles. The van der Waals surface area contributed by atoms with E-state index in [1.807, 2.05) is 60.7 Å². The Morgan fingerprint density at radius 3 is 2.47 bits per heavy atom. The fourth-order valence-electron chi connectivity index (χ4n) is 1.61. The highest BCUT2D eigenvalue weighted by atomic mass is 35.5. The Bertz CT molecular complexity index is 517. The maximum absolute atomic E-state index is 5.95. The van der Waals surface area contributed by atoms with Crippen molar-refractivity contribution in [1.29, 1.82) is 0 Å². The first-order chi connectivity index (χ1) is 8.29. The quantitative estimate of drug-likeness (QED) is 0.571. The van der Waals surface area contributed by atoms with Crippen LogP contribution in [0.25, 0.3) is 11.8 Å². The van der Waals surface area contributed by atoms with E-state index in [-0.39, 0.29) is 0 Å². The summed E-state index contributed by atoms with van der Waals surface area (Å²) in [4.78, 5) is 0. The van der Waals surface area contributed by atoms with Crippen LogP contribution in [0.4, 0.5) is 0 Å². The third kappa shape index (κ3) is 3.11. The molecule has 0 atom stereocenters. The zero-order valence-corrected chi connectivity index (χ0v) is 10.3. The van der Waals surface area contributed by atoms with E-state index in [4.69, 9.17) is 16.3 Å². The van der Waals surface area contributed by atoms with Crippen molar-refractivity contribution in [3.63, 3.8) is 0 Å². The van der Waals surface area contributed by atoms with E-state index in [0.29, 0.717) is 0 Å². The third-order valence-electron chi connectivity index (χ3n) is 2.42. The topological polar surface area (TPSA) is 9.23 Å². The predicted octanol–water partition coefficient (Wildman–Crippen LogP) is 4.48. The zero-order chi connectivity index (χ0) is 12.1. The molecule has 0 fully saturated rings. The first-order valence-electron chi connectivity index (χ1n) is 5.36. The highest BCUT2D eigenvalue weighted by Crippen LogP contribution is 2.20. The number of benzene rings is 2. The van der Waals surface area contributed by atoms with Crippen LogP contribution in [0.15, 0.2) is 54.6 Å². The second-order valence-electron chi connectivity index (χ2n) is 3.63. The van der Waals surface area contributed by atoms with Crippen molar-refractivity contribution in [2.45, 2.75) is 0 Å². The Morgan fingerprint density at radius 2 is 1.82 bits per heavy atom. The Morgan fingerprint density at radius 1 is 1.06 bits per heavy atom. The molecule has 0 radical (unpaired) electrons. The van der Waals surface area contributed by atoms with E-state index < -0.39 is 0 Å². The van der Waals surface area contributed by atoms with Gasteiger partial charge in [-0.15, -0.1) is 0 Å². The van der Waals surface area contributed by atoms with E-state index in [0.717, 1.165) is 21.9 Å². The molecule has 0 aliphatic heterocycles. The van der Waals surface area contributed by atoms with Gasteiger partial charge in [-0.1, -0.05) is 54.1 Å². The molecular weight excluding hydrogens is 232 g/mol. The van der Waals surface area contributed by atoms with E-state index in [2.05, 4.69) is 0 Å². The highest BCUT2D eigenvalue weighted by molar-refractivity contribution is 6.30. The minimum Gasteiger partial charge on any atom is -0.496 e. The summed E-state index contributed by atoms with van der Waals surface area (Å²) in [5, 5.41) is 0.724. The van der Waals surface area contributed by atoms with Gasteiger partial charge in [-0.2, -0.15) is 0 Å². The molecule has 86 valence electrons. The largest absolute Gasteiger partial charge is 0.496 e. The molecule has 0 amide bonds. The van der Waals surface area contributed by atoms with Gasteiger partial charge in [0.25, 0.3) is 0 Å². The van der Waals surface area contributed by atoms with Crippen molar-refractivity contribution < 1.29 is 4.74 Å². The Balaban J connectivity index is 2.36. The molecule has 0 heterocycles. The van der Waals surface area contributed by atoms with Crippen molar-refractivity contribution in [1.82, 2.24) is 0 Å². The summed E-state index contributed by atoms with van der Waals surface area (Å²) in [6, 6.07) is 17.7. The van der Waals surface area contributed by atoms with Crippen LogP contribution < -0.4 is 0 Å². The number of ether oxygens (including phenoxy) is 1. The molecule has 2 rings (SSSR count). The molecule has 0 unspecified atom stereocenters. The first kappa shape index (κ1) is 11.7. The second kappa shape index (κ2) is 5.55. The van der Waals surface area contributed by atoms with Crippen LogP contribution in [0.1, 0.15) is 11.1 Å². The van der Waals surface area contributed by atoms with E-state index in [1.54, 1.807) is 7.11 Å². The van der Waals surface area contributed by atoms with Crippen molar-refractivity contribution in [2.24, 2.45) is 0 Å². The lowest BCUT2D eigenvalue weighted by Gasteiger charge is -2.06. The molecule has 0 N–H and O–H groups in total. The summed E-state index contributed by atoms with van der Waals surface area (Å²) in [6.07, 6.45) is 1.97. The van der Waals surface area contributed by atoms with Crippen LogP contribution in [0.2, 0.25) is 5.02 Å². The van der Waals surface area contributed by atoms with Crippen molar-refractivity contribution >= 4 is 23.4 Å². The number of methoxy groups -OCH3 is 1. The number of rotatable bonds is 3. The van der Waals surface area contributed by atoms with Gasteiger partial charge in [0.15, 0.2) is 0 Å². The fraction of sp³-hybridized carbons (Fsp3) is 0.0667. The zero-order valence-electron chi connectivity index (χ0n) is 9.56. The minimum absolute atomic E-state index is 0.724. The maximum Gasteiger partial charge on any atom is 0.126 e. The predicted molar refractivity (Wildman–Crippen MR) is 72.8 cm³/mol. The van der Waals surface area contributed by atoms with Gasteiger partial charge in [-0.05, 0) is 23.8 Å². The van der Waals surface area contributed by atoms with E-state index in [9.17, 15) is 0 Å². The molecule has 2 aromatic carbocycles. The highest BCUT2D eigenvalue weighted by Gasteiger charge is 2.00. The number of halogens is 1. The molecule has 0 saturated heterocycles. The molecule has 0 spiro atoms. The summed E-state index contributed by atoms with van der Waals surface area (Å²) in [7, 11) is 1.67. The first-order valence-corrected chi connectivity index (χ1v) is 5.74. The average molecular weight is 245 g/mol. The molecule has 0 bridgehead atoms. The minimum atomic E-state index is 0.724. The summed E-state index contributed by atoms with van der Waals surface area (Å²) in [5.41, 5.74) is 2.08. The lowest BCUT2D eigenvalue weighted by Crippen LogP contribution is -1.86. The summed E-state index contributed by atoms with van der Waals surface area (Å²) >= 11 is 5.95. The van der Waals surface area contributed by atoms with Crippen LogP contribution in [0.3, 0.4) is 0 Å². The van der Waals surface area contributed by atoms with Crippen molar-refractivity contribution in [2.75, 3.05) is 7.11 Å². The van der Waals surface area contributed by atoms with Gasteiger partial charge < -0.3 is 4.74 Å². The van der Waals surface area contributed by atoms with E-state index in [1.165, 1.54) is 0 Å². The maximum atomic E-state index is 5.95. The van der Waals surface area contributed by atoms with Gasteiger partial charge in [-0.3, -0.25) is 0 Å². The third-order valence-corrected chi connectivity index (χ3v) is 2.66. The monoisotopic (exact) mass is 244 g/mol. The molecule has 0 aliphatic rings. The van der Waals surface area contributed by atoms with Gasteiger partial charge in [-0.25, -0.2) is 0 Å². The number of hydrogen-bond donors (Lipinski definition) is 0. The fourth-order valence-corrected chi connectivity index (χ4v) is 1.81. The molecule has 0 saturated carbocycles. The van der Waals surface area contributed by atoms with Gasteiger partial charge in [0, 0.05) is 10.6 Å².